The molecule has 1 saturated heterocycles. The van der Waals surface area contributed by atoms with Crippen molar-refractivity contribution in [2.75, 3.05) is 27.3 Å². The summed E-state index contributed by atoms with van der Waals surface area (Å²) in [6, 6.07) is 13.5. The number of halogens is 1. The Labute approximate surface area is 226 Å². The van der Waals surface area contributed by atoms with Gasteiger partial charge < -0.3 is 28.8 Å². The highest BCUT2D eigenvalue weighted by Gasteiger charge is 2.38. The second kappa shape index (κ2) is 10.7. The first kappa shape index (κ1) is 26.1. The Kier molecular flexibility index (Phi) is 7.36. The highest BCUT2D eigenvalue weighted by atomic mass is 35.5. The molecule has 200 valence electrons. The van der Waals surface area contributed by atoms with Crippen LogP contribution in [0.25, 0.3) is 5.69 Å². The first-order chi connectivity index (χ1) is 18.3. The van der Waals surface area contributed by atoms with Gasteiger partial charge in [-0.1, -0.05) is 30.7 Å². The minimum atomic E-state index is -0.842. The number of methoxy groups -OCH3 is 2. The quantitative estimate of drug-likeness (QED) is 0.424. The molecule has 0 saturated carbocycles. The molecule has 0 bridgehead atoms. The zero-order chi connectivity index (χ0) is 27.0. The van der Waals surface area contributed by atoms with Gasteiger partial charge in [-0.05, 0) is 42.3 Å². The minimum absolute atomic E-state index is 0.0114. The Morgan fingerprint density at radius 1 is 1.08 bits per heavy atom. The molecule has 9 heteroatoms. The van der Waals surface area contributed by atoms with Gasteiger partial charge in [-0.2, -0.15) is 0 Å². The summed E-state index contributed by atoms with van der Waals surface area (Å²) in [5, 5.41) is 9.66. The van der Waals surface area contributed by atoms with Gasteiger partial charge in [-0.25, -0.2) is 0 Å². The molecule has 1 amide bonds. The normalized spacial score (nSPS) is 18.7. The lowest BCUT2D eigenvalue weighted by Crippen LogP contribution is -2.50. The lowest BCUT2D eigenvalue weighted by Gasteiger charge is -2.39. The van der Waals surface area contributed by atoms with E-state index in [0.29, 0.717) is 29.6 Å². The Morgan fingerprint density at radius 3 is 2.55 bits per heavy atom. The van der Waals surface area contributed by atoms with Crippen LogP contribution in [0.2, 0.25) is 5.02 Å². The lowest BCUT2D eigenvalue weighted by atomic mass is 9.95. The monoisotopic (exact) mass is 538 g/mol. The number of aliphatic carboxylic acids is 1. The van der Waals surface area contributed by atoms with Crippen LogP contribution in [0.5, 0.6) is 11.5 Å². The highest BCUT2D eigenvalue weighted by molar-refractivity contribution is 6.30. The van der Waals surface area contributed by atoms with E-state index in [4.69, 9.17) is 30.9 Å². The summed E-state index contributed by atoms with van der Waals surface area (Å²) in [5.74, 6) is 0.211. The average Bonchev–Trinajstić information content (AvgIpc) is 3.32. The van der Waals surface area contributed by atoms with Crippen molar-refractivity contribution in [2.24, 2.45) is 5.92 Å². The molecular formula is C29H31ClN2O6. The summed E-state index contributed by atoms with van der Waals surface area (Å²) in [7, 11) is 3.18. The molecule has 2 aliphatic rings. The van der Waals surface area contributed by atoms with Gasteiger partial charge in [0, 0.05) is 41.4 Å². The van der Waals surface area contributed by atoms with Gasteiger partial charge in [0.1, 0.15) is 12.2 Å². The minimum Gasteiger partial charge on any atom is -0.493 e. The Balaban J connectivity index is 1.58. The maximum absolute atomic E-state index is 13.3. The number of carbonyl (C=O) groups is 2. The Morgan fingerprint density at radius 2 is 1.87 bits per heavy atom. The summed E-state index contributed by atoms with van der Waals surface area (Å²) in [6.07, 6.45) is 1.78. The Bertz CT molecular complexity index is 1360. The number of hydrogen-bond acceptors (Lipinski definition) is 5. The van der Waals surface area contributed by atoms with Crippen molar-refractivity contribution >= 4 is 23.5 Å². The first-order valence-corrected chi connectivity index (χ1v) is 13.1. The van der Waals surface area contributed by atoms with Gasteiger partial charge in [0.25, 0.3) is 0 Å². The number of carbonyl (C=O) groups excluding carboxylic acids is 1. The van der Waals surface area contributed by atoms with Gasteiger partial charge in [-0.15, -0.1) is 0 Å². The van der Waals surface area contributed by atoms with E-state index in [0.717, 1.165) is 34.5 Å². The maximum atomic E-state index is 13.3. The standard InChI is InChI=1S/C29H31ClN2O6/c1-4-18-12-19(30)13-21-27(18)32-10-6-8-22(32)24(14-25(33)31-15-17(16-31)11-26(34)35)38-28(21)20-7-5-9-23(36-2)29(20)37-3/h5-10,12-13,17,24,28H,4,11,14-16H2,1-3H3,(H,34,35)/t24-,28-/m1/s1. The lowest BCUT2D eigenvalue weighted by molar-refractivity contribution is -0.147. The van der Waals surface area contributed by atoms with E-state index in [1.807, 2.05) is 48.7 Å². The summed E-state index contributed by atoms with van der Waals surface area (Å²) in [6.45, 7) is 2.98. The molecule has 2 aromatic carbocycles. The number of amides is 1. The van der Waals surface area contributed by atoms with Crippen molar-refractivity contribution in [1.82, 2.24) is 9.47 Å². The fourth-order valence-corrected chi connectivity index (χ4v) is 5.81. The van der Waals surface area contributed by atoms with Crippen LogP contribution in [0.15, 0.2) is 48.7 Å². The van der Waals surface area contributed by atoms with E-state index in [2.05, 4.69) is 11.5 Å². The van der Waals surface area contributed by atoms with E-state index >= 15 is 0 Å². The molecule has 8 nitrogen and oxygen atoms in total. The van der Waals surface area contributed by atoms with E-state index in [1.54, 1.807) is 19.1 Å². The molecule has 3 heterocycles. The van der Waals surface area contributed by atoms with Crippen LogP contribution in [-0.2, 0) is 20.7 Å². The van der Waals surface area contributed by atoms with Gasteiger partial charge in [0.05, 0.1) is 38.4 Å². The number of carboxylic acids is 1. The van der Waals surface area contributed by atoms with Gasteiger partial charge >= 0.3 is 5.97 Å². The number of ether oxygens (including phenoxy) is 3. The molecule has 3 aromatic rings. The zero-order valence-electron chi connectivity index (χ0n) is 21.6. The van der Waals surface area contributed by atoms with Gasteiger partial charge in [0.15, 0.2) is 11.5 Å². The predicted octanol–water partition coefficient (Wildman–Crippen LogP) is 5.19. The van der Waals surface area contributed by atoms with Crippen LogP contribution >= 0.6 is 11.6 Å². The van der Waals surface area contributed by atoms with E-state index in [-0.39, 0.29) is 24.7 Å². The predicted molar refractivity (Wildman–Crippen MR) is 142 cm³/mol. The number of aryl methyl sites for hydroxylation is 1. The number of para-hydroxylation sites is 1. The van der Waals surface area contributed by atoms with Crippen LogP contribution in [-0.4, -0.2) is 53.8 Å². The summed E-state index contributed by atoms with van der Waals surface area (Å²) in [5.41, 5.74) is 4.55. The number of rotatable bonds is 8. The fourth-order valence-electron chi connectivity index (χ4n) is 5.56. The molecule has 0 aliphatic carbocycles. The molecule has 1 fully saturated rings. The molecular weight excluding hydrogens is 508 g/mol. The molecule has 0 unspecified atom stereocenters. The van der Waals surface area contributed by atoms with Crippen LogP contribution in [0, 0.1) is 5.92 Å². The number of likely N-dealkylation sites (tertiary alicyclic amines) is 1. The molecule has 0 radical (unpaired) electrons. The average molecular weight is 539 g/mol. The SMILES string of the molecule is CCc1cc(Cl)cc2c1-n1cccc1[C@@H](CC(=O)N1CC(CC(=O)O)C1)O[C@@H]2c1cccc(OC)c1OC. The van der Waals surface area contributed by atoms with E-state index in [9.17, 15) is 9.59 Å². The van der Waals surface area contributed by atoms with Crippen LogP contribution < -0.4 is 9.47 Å². The number of fused-ring (bicyclic) bond motifs is 3. The second-order valence-electron chi connectivity index (χ2n) is 9.71. The number of carboxylic acid groups (broad SMARTS) is 1. The van der Waals surface area contributed by atoms with Crippen LogP contribution in [0.3, 0.4) is 0 Å². The topological polar surface area (TPSA) is 90.2 Å². The zero-order valence-corrected chi connectivity index (χ0v) is 22.4. The highest BCUT2D eigenvalue weighted by Crippen LogP contribution is 2.47. The van der Waals surface area contributed by atoms with Crippen molar-refractivity contribution in [1.29, 1.82) is 0 Å². The third-order valence-corrected chi connectivity index (χ3v) is 7.57. The summed E-state index contributed by atoms with van der Waals surface area (Å²) in [4.78, 5) is 26.1. The third-order valence-electron chi connectivity index (χ3n) is 7.35. The number of hydrogen-bond donors (Lipinski definition) is 1. The van der Waals surface area contributed by atoms with E-state index < -0.39 is 18.2 Å². The molecule has 38 heavy (non-hydrogen) atoms. The van der Waals surface area contributed by atoms with Crippen molar-refractivity contribution in [3.05, 3.63) is 76.1 Å². The largest absolute Gasteiger partial charge is 0.493 e. The van der Waals surface area contributed by atoms with Crippen molar-refractivity contribution in [3.8, 4) is 17.2 Å². The second-order valence-corrected chi connectivity index (χ2v) is 10.2. The van der Waals surface area contributed by atoms with Crippen molar-refractivity contribution < 1.29 is 28.9 Å². The maximum Gasteiger partial charge on any atom is 0.303 e. The molecule has 1 N–H and O–H groups in total. The molecule has 2 aliphatic heterocycles. The van der Waals surface area contributed by atoms with Crippen LogP contribution in [0.4, 0.5) is 0 Å². The van der Waals surface area contributed by atoms with Gasteiger partial charge in [-0.3, -0.25) is 9.59 Å². The Hall–Kier alpha value is -3.49. The summed E-state index contributed by atoms with van der Waals surface area (Å²) >= 11 is 6.61. The number of aromatic nitrogens is 1. The fraction of sp³-hybridized carbons (Fsp3) is 0.379. The summed E-state index contributed by atoms with van der Waals surface area (Å²) < 4.78 is 20.3. The number of benzene rings is 2. The van der Waals surface area contributed by atoms with E-state index in [1.165, 1.54) is 0 Å². The molecule has 0 spiro atoms. The molecule has 1 aromatic heterocycles. The number of nitrogens with zero attached hydrogens (tertiary/aromatic N) is 2. The smallest absolute Gasteiger partial charge is 0.303 e. The first-order valence-electron chi connectivity index (χ1n) is 12.7. The van der Waals surface area contributed by atoms with Crippen molar-refractivity contribution in [2.45, 2.75) is 38.4 Å². The molecule has 5 rings (SSSR count). The van der Waals surface area contributed by atoms with Crippen LogP contribution in [0.1, 0.15) is 54.4 Å². The van der Waals surface area contributed by atoms with Crippen molar-refractivity contribution in [3.63, 3.8) is 0 Å². The van der Waals surface area contributed by atoms with Gasteiger partial charge in [0.2, 0.25) is 5.91 Å². The molecule has 2 atom stereocenters. The third kappa shape index (κ3) is 4.74.